The summed E-state index contributed by atoms with van der Waals surface area (Å²) in [5, 5.41) is 8.30. The number of amides is 3. The molecule has 3 amide bonds. The highest BCUT2D eigenvalue weighted by Gasteiger charge is 2.10. The van der Waals surface area contributed by atoms with Crippen LogP contribution in [0, 0.1) is 6.92 Å². The Morgan fingerprint density at radius 3 is 2.41 bits per heavy atom. The van der Waals surface area contributed by atoms with E-state index in [-0.39, 0.29) is 11.9 Å². The van der Waals surface area contributed by atoms with Gasteiger partial charge in [0.1, 0.15) is 0 Å². The Hall–Kier alpha value is -2.60. The minimum Gasteiger partial charge on any atom is -0.341 e. The van der Waals surface area contributed by atoms with Crippen LogP contribution in [0.3, 0.4) is 0 Å². The number of nitrogens with zero attached hydrogens (tertiary/aromatic N) is 1. The number of pyridine rings is 1. The van der Waals surface area contributed by atoms with Gasteiger partial charge in [0.25, 0.3) is 5.91 Å². The zero-order chi connectivity index (χ0) is 16.1. The summed E-state index contributed by atoms with van der Waals surface area (Å²) in [5.74, 6) is -0.279. The van der Waals surface area contributed by atoms with Gasteiger partial charge in [0, 0.05) is 24.5 Å². The van der Waals surface area contributed by atoms with Gasteiger partial charge in [-0.1, -0.05) is 11.6 Å². The monoisotopic (exact) mass is 318 g/mol. The summed E-state index contributed by atoms with van der Waals surface area (Å²) in [4.78, 5) is 27.3. The van der Waals surface area contributed by atoms with Gasteiger partial charge in [-0.25, -0.2) is 4.79 Å². The van der Waals surface area contributed by atoms with Crippen LogP contribution in [0.1, 0.15) is 15.9 Å². The fourth-order valence-electron chi connectivity index (χ4n) is 1.72. The Kier molecular flexibility index (Phi) is 4.95. The van der Waals surface area contributed by atoms with Gasteiger partial charge in [-0.3, -0.25) is 9.78 Å². The van der Waals surface area contributed by atoms with E-state index in [0.717, 1.165) is 5.56 Å². The Labute approximate surface area is 132 Å². The van der Waals surface area contributed by atoms with Crippen LogP contribution < -0.4 is 16.0 Å². The quantitative estimate of drug-likeness (QED) is 0.813. The minimum absolute atomic E-state index is 0.279. The van der Waals surface area contributed by atoms with Crippen LogP contribution in [-0.4, -0.2) is 24.0 Å². The predicted octanol–water partition coefficient (Wildman–Crippen LogP) is 3.05. The van der Waals surface area contributed by atoms with Crippen molar-refractivity contribution in [3.8, 4) is 0 Å². The average Bonchev–Trinajstić information content (AvgIpc) is 2.52. The lowest BCUT2D eigenvalue weighted by Gasteiger charge is -2.09. The number of carbonyl (C=O) groups is 2. The van der Waals surface area contributed by atoms with Crippen molar-refractivity contribution in [1.82, 2.24) is 10.3 Å². The van der Waals surface area contributed by atoms with Crippen molar-refractivity contribution in [1.29, 1.82) is 0 Å². The Bertz CT molecular complexity index is 701. The molecular weight excluding hydrogens is 304 g/mol. The highest BCUT2D eigenvalue weighted by molar-refractivity contribution is 6.31. The third kappa shape index (κ3) is 3.73. The number of aromatic nitrogens is 1. The summed E-state index contributed by atoms with van der Waals surface area (Å²) in [6.45, 7) is 1.80. The van der Waals surface area contributed by atoms with E-state index in [1.54, 1.807) is 37.4 Å². The zero-order valence-corrected chi connectivity index (χ0v) is 12.9. The van der Waals surface area contributed by atoms with Gasteiger partial charge >= 0.3 is 6.03 Å². The largest absolute Gasteiger partial charge is 0.341 e. The molecule has 0 saturated heterocycles. The summed E-state index contributed by atoms with van der Waals surface area (Å²) >= 11 is 5.97. The third-order valence-electron chi connectivity index (χ3n) is 3.03. The Balaban J connectivity index is 2.10. The van der Waals surface area contributed by atoms with Crippen molar-refractivity contribution in [2.75, 3.05) is 17.7 Å². The molecule has 0 radical (unpaired) electrons. The first-order valence-electron chi connectivity index (χ1n) is 6.51. The third-order valence-corrected chi connectivity index (χ3v) is 3.42. The van der Waals surface area contributed by atoms with Crippen molar-refractivity contribution in [2.24, 2.45) is 0 Å². The maximum Gasteiger partial charge on any atom is 0.318 e. The van der Waals surface area contributed by atoms with E-state index in [0.29, 0.717) is 22.0 Å². The van der Waals surface area contributed by atoms with Gasteiger partial charge in [0.2, 0.25) is 0 Å². The number of anilines is 2. The fraction of sp³-hybridized carbons (Fsp3) is 0.133. The van der Waals surface area contributed by atoms with E-state index in [1.807, 2.05) is 0 Å². The number of hydrogen-bond donors (Lipinski definition) is 3. The van der Waals surface area contributed by atoms with E-state index in [4.69, 9.17) is 11.6 Å². The average molecular weight is 319 g/mol. The molecule has 0 aliphatic carbocycles. The molecule has 1 heterocycles. The molecule has 22 heavy (non-hydrogen) atoms. The van der Waals surface area contributed by atoms with Gasteiger partial charge < -0.3 is 16.0 Å². The van der Waals surface area contributed by atoms with Crippen molar-refractivity contribution >= 4 is 34.9 Å². The lowest BCUT2D eigenvalue weighted by molar-refractivity contribution is 0.102. The first-order valence-corrected chi connectivity index (χ1v) is 6.89. The fourth-order valence-corrected chi connectivity index (χ4v) is 1.88. The smallest absolute Gasteiger partial charge is 0.318 e. The topological polar surface area (TPSA) is 83.1 Å². The second kappa shape index (κ2) is 6.91. The molecule has 0 aliphatic rings. The maximum atomic E-state index is 12.2. The van der Waals surface area contributed by atoms with Crippen molar-refractivity contribution in [2.45, 2.75) is 6.92 Å². The summed E-state index contributed by atoms with van der Waals surface area (Å²) in [6, 6.07) is 6.21. The van der Waals surface area contributed by atoms with Gasteiger partial charge in [-0.2, -0.15) is 0 Å². The SMILES string of the molecule is CNC(=O)Nc1ccc(C(=O)Nc2cncc(Cl)c2C)cc1. The Morgan fingerprint density at radius 2 is 1.77 bits per heavy atom. The maximum absolute atomic E-state index is 12.2. The molecule has 0 bridgehead atoms. The number of nitrogens with one attached hydrogen (secondary N) is 3. The molecule has 2 aromatic rings. The molecular formula is C15H15ClN4O2. The van der Waals surface area contributed by atoms with Crippen LogP contribution in [-0.2, 0) is 0 Å². The summed E-state index contributed by atoms with van der Waals surface area (Å²) in [5.41, 5.74) is 2.37. The Morgan fingerprint density at radius 1 is 1.09 bits per heavy atom. The molecule has 0 atom stereocenters. The second-order valence-corrected chi connectivity index (χ2v) is 4.94. The number of halogens is 1. The van der Waals surface area contributed by atoms with E-state index in [9.17, 15) is 9.59 Å². The molecule has 0 saturated carbocycles. The molecule has 1 aromatic heterocycles. The van der Waals surface area contributed by atoms with Gasteiger partial charge in [0.05, 0.1) is 16.9 Å². The van der Waals surface area contributed by atoms with Crippen LogP contribution in [0.2, 0.25) is 5.02 Å². The molecule has 2 rings (SSSR count). The minimum atomic E-state index is -0.321. The van der Waals surface area contributed by atoms with Crippen LogP contribution in [0.5, 0.6) is 0 Å². The summed E-state index contributed by atoms with van der Waals surface area (Å²) < 4.78 is 0. The van der Waals surface area contributed by atoms with Crippen LogP contribution >= 0.6 is 11.6 Å². The van der Waals surface area contributed by atoms with Crippen molar-refractivity contribution in [3.05, 3.63) is 52.8 Å². The summed E-state index contributed by atoms with van der Waals surface area (Å²) in [7, 11) is 1.53. The first kappa shape index (κ1) is 15.8. The second-order valence-electron chi connectivity index (χ2n) is 4.53. The summed E-state index contributed by atoms with van der Waals surface area (Å²) in [6.07, 6.45) is 3.06. The van der Waals surface area contributed by atoms with Crippen molar-refractivity contribution in [3.63, 3.8) is 0 Å². The van der Waals surface area contributed by atoms with Crippen LogP contribution in [0.15, 0.2) is 36.7 Å². The number of carbonyl (C=O) groups excluding carboxylic acids is 2. The molecule has 0 aliphatic heterocycles. The van der Waals surface area contributed by atoms with Crippen LogP contribution in [0.25, 0.3) is 0 Å². The first-order chi connectivity index (χ1) is 10.5. The molecule has 0 unspecified atom stereocenters. The molecule has 6 nitrogen and oxygen atoms in total. The number of urea groups is 1. The van der Waals surface area contributed by atoms with E-state index < -0.39 is 0 Å². The lowest BCUT2D eigenvalue weighted by Crippen LogP contribution is -2.24. The van der Waals surface area contributed by atoms with Crippen LogP contribution in [0.4, 0.5) is 16.2 Å². The normalized spacial score (nSPS) is 9.95. The van der Waals surface area contributed by atoms with Gasteiger partial charge in [-0.15, -0.1) is 0 Å². The zero-order valence-electron chi connectivity index (χ0n) is 12.1. The molecule has 0 spiro atoms. The highest BCUT2D eigenvalue weighted by Crippen LogP contribution is 2.22. The lowest BCUT2D eigenvalue weighted by atomic mass is 10.2. The molecule has 7 heteroatoms. The standard InChI is InChI=1S/C15H15ClN4O2/c1-9-12(16)7-18-8-13(9)20-14(21)10-3-5-11(6-4-10)19-15(22)17-2/h3-8H,1-2H3,(H,20,21)(H2,17,19,22). The number of rotatable bonds is 3. The highest BCUT2D eigenvalue weighted by atomic mass is 35.5. The number of hydrogen-bond acceptors (Lipinski definition) is 3. The molecule has 114 valence electrons. The molecule has 1 aromatic carbocycles. The van der Waals surface area contributed by atoms with E-state index in [1.165, 1.54) is 13.2 Å². The van der Waals surface area contributed by atoms with Gasteiger partial charge in [-0.05, 0) is 36.8 Å². The van der Waals surface area contributed by atoms with E-state index in [2.05, 4.69) is 20.9 Å². The van der Waals surface area contributed by atoms with E-state index >= 15 is 0 Å². The molecule has 3 N–H and O–H groups in total. The van der Waals surface area contributed by atoms with Gasteiger partial charge in [0.15, 0.2) is 0 Å². The number of benzene rings is 1. The molecule has 0 fully saturated rings. The predicted molar refractivity (Wildman–Crippen MR) is 86.5 cm³/mol. The van der Waals surface area contributed by atoms with Crippen molar-refractivity contribution < 1.29 is 9.59 Å².